The van der Waals surface area contributed by atoms with Gasteiger partial charge in [0.2, 0.25) is 0 Å². The lowest BCUT2D eigenvalue weighted by molar-refractivity contribution is -0.142. The Hall–Kier alpha value is -1.09. The lowest BCUT2D eigenvalue weighted by Gasteiger charge is -2.03. The van der Waals surface area contributed by atoms with Crippen LogP contribution in [0.25, 0.3) is 6.08 Å². The third-order valence-corrected chi connectivity index (χ3v) is 4.93. The number of hydrogen-bond acceptors (Lipinski definition) is 2. The van der Waals surface area contributed by atoms with Crippen molar-refractivity contribution in [2.45, 2.75) is 64.2 Å². The molecule has 0 bridgehead atoms. The van der Waals surface area contributed by atoms with Crippen molar-refractivity contribution in [3.05, 3.63) is 40.4 Å². The minimum Gasteiger partial charge on any atom is -0.461 e. The molecule has 0 heterocycles. The summed E-state index contributed by atoms with van der Waals surface area (Å²) in [7, 11) is 0. The first-order valence-corrected chi connectivity index (χ1v) is 10.1. The second-order valence-corrected chi connectivity index (χ2v) is 7.66. The van der Waals surface area contributed by atoms with Gasteiger partial charge < -0.3 is 4.74 Å². The molecule has 0 atom stereocenters. The predicted molar refractivity (Wildman–Crippen MR) is 104 cm³/mol. The minimum atomic E-state index is -0.0809. The van der Waals surface area contributed by atoms with Gasteiger partial charge in [0.05, 0.1) is 0 Å². The van der Waals surface area contributed by atoms with Crippen molar-refractivity contribution in [1.29, 1.82) is 0 Å². The van der Waals surface area contributed by atoms with Gasteiger partial charge in [-0.3, -0.25) is 4.79 Å². The zero-order chi connectivity index (χ0) is 17.0. The number of ether oxygens (including phenoxy) is 1. The molecule has 0 aromatic heterocycles. The first-order valence-electron chi connectivity index (χ1n) is 9.32. The van der Waals surface area contributed by atoms with E-state index in [2.05, 4.69) is 15.9 Å². The number of rotatable bonds is 12. The second kappa shape index (κ2) is 11.5. The molecule has 0 spiro atoms. The van der Waals surface area contributed by atoms with Crippen molar-refractivity contribution >= 4 is 28.0 Å². The molecule has 2 rings (SSSR count). The van der Waals surface area contributed by atoms with E-state index in [4.69, 9.17) is 4.74 Å². The molecule has 0 amide bonds. The summed E-state index contributed by atoms with van der Waals surface area (Å²) in [5.41, 5.74) is 1.10. The van der Waals surface area contributed by atoms with Crippen molar-refractivity contribution in [3.63, 3.8) is 0 Å². The van der Waals surface area contributed by atoms with E-state index in [0.717, 1.165) is 28.8 Å². The average Bonchev–Trinajstić information content (AvgIpc) is 3.38. The Morgan fingerprint density at radius 2 is 1.88 bits per heavy atom. The van der Waals surface area contributed by atoms with Gasteiger partial charge in [-0.2, -0.15) is 0 Å². The van der Waals surface area contributed by atoms with E-state index in [-0.39, 0.29) is 5.97 Å². The van der Waals surface area contributed by atoms with Gasteiger partial charge in [0, 0.05) is 10.9 Å². The number of unbranched alkanes of at least 4 members (excludes halogenated alkanes) is 5. The molecule has 2 nitrogen and oxygen atoms in total. The molecule has 24 heavy (non-hydrogen) atoms. The quantitative estimate of drug-likeness (QED) is 0.298. The Bertz CT molecular complexity index is 520. The maximum Gasteiger partial charge on any atom is 0.306 e. The number of benzene rings is 1. The van der Waals surface area contributed by atoms with Crippen molar-refractivity contribution < 1.29 is 9.53 Å². The number of esters is 1. The molecule has 1 aliphatic carbocycles. The Balaban J connectivity index is 1.41. The lowest BCUT2D eigenvalue weighted by atomic mass is 10.1. The fourth-order valence-corrected chi connectivity index (χ4v) is 3.24. The highest BCUT2D eigenvalue weighted by molar-refractivity contribution is 9.10. The van der Waals surface area contributed by atoms with Crippen LogP contribution in [0, 0.1) is 5.92 Å². The summed E-state index contributed by atoms with van der Waals surface area (Å²) in [5.74, 6) is 0.986. The monoisotopic (exact) mass is 392 g/mol. The summed E-state index contributed by atoms with van der Waals surface area (Å²) in [5, 5.41) is 0. The van der Waals surface area contributed by atoms with E-state index in [1.807, 2.05) is 36.4 Å². The van der Waals surface area contributed by atoms with Gasteiger partial charge in [-0.15, -0.1) is 0 Å². The molecule has 1 fully saturated rings. The fraction of sp³-hybridized carbons (Fsp3) is 0.571. The van der Waals surface area contributed by atoms with E-state index in [1.54, 1.807) is 0 Å². The lowest BCUT2D eigenvalue weighted by Crippen LogP contribution is -2.03. The zero-order valence-corrected chi connectivity index (χ0v) is 16.1. The third kappa shape index (κ3) is 9.27. The molecule has 1 aromatic rings. The normalized spacial score (nSPS) is 14.2. The second-order valence-electron chi connectivity index (χ2n) is 6.74. The summed E-state index contributed by atoms with van der Waals surface area (Å²) in [6.07, 6.45) is 16.2. The van der Waals surface area contributed by atoms with Crippen molar-refractivity contribution in [2.24, 2.45) is 5.92 Å². The zero-order valence-electron chi connectivity index (χ0n) is 14.5. The third-order valence-electron chi connectivity index (χ3n) is 4.44. The maximum absolute atomic E-state index is 11.7. The number of carbonyl (C=O) groups excluding carboxylic acids is 1. The highest BCUT2D eigenvalue weighted by atomic mass is 79.9. The molecule has 0 N–H and O–H groups in total. The maximum atomic E-state index is 11.7. The summed E-state index contributed by atoms with van der Waals surface area (Å²) in [4.78, 5) is 11.7. The van der Waals surface area contributed by atoms with Gasteiger partial charge in [0.1, 0.15) is 6.61 Å². The van der Waals surface area contributed by atoms with E-state index in [1.165, 1.54) is 44.9 Å². The largest absolute Gasteiger partial charge is 0.461 e. The Kier molecular flexibility index (Phi) is 9.19. The van der Waals surface area contributed by atoms with E-state index >= 15 is 0 Å². The average molecular weight is 393 g/mol. The van der Waals surface area contributed by atoms with Crippen LogP contribution < -0.4 is 0 Å². The smallest absolute Gasteiger partial charge is 0.306 e. The van der Waals surface area contributed by atoms with Crippen LogP contribution in [0.4, 0.5) is 0 Å². The number of halogens is 1. The van der Waals surface area contributed by atoms with Gasteiger partial charge in [-0.1, -0.05) is 85.5 Å². The van der Waals surface area contributed by atoms with Gasteiger partial charge >= 0.3 is 5.97 Å². The predicted octanol–water partition coefficient (Wildman–Crippen LogP) is 6.54. The Labute approximate surface area is 154 Å². The fourth-order valence-electron chi connectivity index (χ4n) is 2.82. The first kappa shape index (κ1) is 19.2. The number of carbonyl (C=O) groups is 1. The molecule has 0 saturated heterocycles. The molecule has 3 heteroatoms. The van der Waals surface area contributed by atoms with Crippen LogP contribution in [0.15, 0.2) is 34.8 Å². The molecular formula is C21H29BrO2. The first-order chi connectivity index (χ1) is 11.7. The van der Waals surface area contributed by atoms with Crippen LogP contribution in [0.5, 0.6) is 0 Å². The molecule has 1 saturated carbocycles. The van der Waals surface area contributed by atoms with E-state index in [0.29, 0.717) is 13.0 Å². The molecule has 1 aromatic carbocycles. The SMILES string of the molecule is O=C(CCCCCCCCC1CC1)OCC=Cc1cccc(Br)c1. The van der Waals surface area contributed by atoms with E-state index in [9.17, 15) is 4.79 Å². The van der Waals surface area contributed by atoms with Gasteiger partial charge in [0.25, 0.3) is 0 Å². The standard InChI is InChI=1S/C21H29BrO2/c22-20-12-7-10-19(17-20)11-8-16-24-21(23)13-6-4-2-1-3-5-9-18-14-15-18/h7-8,10-12,17-18H,1-6,9,13-16H2. The van der Waals surface area contributed by atoms with Crippen LogP contribution in [0.1, 0.15) is 69.8 Å². The molecule has 0 aliphatic heterocycles. The number of hydrogen-bond donors (Lipinski definition) is 0. The Morgan fingerprint density at radius 3 is 2.62 bits per heavy atom. The summed E-state index contributed by atoms with van der Waals surface area (Å²) in [6.45, 7) is 0.354. The van der Waals surface area contributed by atoms with Crippen molar-refractivity contribution in [3.8, 4) is 0 Å². The van der Waals surface area contributed by atoms with E-state index < -0.39 is 0 Å². The van der Waals surface area contributed by atoms with Crippen LogP contribution >= 0.6 is 15.9 Å². The Morgan fingerprint density at radius 1 is 1.12 bits per heavy atom. The molecule has 132 valence electrons. The highest BCUT2D eigenvalue weighted by Gasteiger charge is 2.19. The van der Waals surface area contributed by atoms with Crippen LogP contribution in [-0.2, 0) is 9.53 Å². The minimum absolute atomic E-state index is 0.0809. The van der Waals surface area contributed by atoms with Crippen molar-refractivity contribution in [2.75, 3.05) is 6.61 Å². The van der Waals surface area contributed by atoms with Crippen LogP contribution in [0.2, 0.25) is 0 Å². The van der Waals surface area contributed by atoms with Crippen LogP contribution in [-0.4, -0.2) is 12.6 Å². The topological polar surface area (TPSA) is 26.3 Å². The summed E-state index contributed by atoms with van der Waals surface area (Å²) >= 11 is 3.44. The highest BCUT2D eigenvalue weighted by Crippen LogP contribution is 2.34. The summed E-state index contributed by atoms with van der Waals surface area (Å²) in [6, 6.07) is 8.03. The van der Waals surface area contributed by atoms with Crippen molar-refractivity contribution in [1.82, 2.24) is 0 Å². The van der Waals surface area contributed by atoms with Gasteiger partial charge in [-0.05, 0) is 36.1 Å². The molecule has 0 radical (unpaired) electrons. The molecule has 1 aliphatic rings. The van der Waals surface area contributed by atoms with Crippen LogP contribution in [0.3, 0.4) is 0 Å². The molecule has 0 unspecified atom stereocenters. The molecular weight excluding hydrogens is 364 g/mol. The summed E-state index contributed by atoms with van der Waals surface area (Å²) < 4.78 is 6.29. The van der Waals surface area contributed by atoms with Gasteiger partial charge in [0.15, 0.2) is 0 Å². The van der Waals surface area contributed by atoms with Gasteiger partial charge in [-0.25, -0.2) is 0 Å².